The maximum Gasteiger partial charge on any atom is 0.278 e. The number of amidine groups is 1. The molecule has 5 rings (SSSR count). The second kappa shape index (κ2) is 8.73. The van der Waals surface area contributed by atoms with Crippen molar-refractivity contribution in [3.63, 3.8) is 0 Å². The number of aliphatic imine (C=N–C) groups is 1. The van der Waals surface area contributed by atoms with Crippen LogP contribution in [0.2, 0.25) is 5.02 Å². The molecule has 3 aromatic carbocycles. The van der Waals surface area contributed by atoms with Crippen LogP contribution in [0.5, 0.6) is 0 Å². The Kier molecular flexibility index (Phi) is 5.64. The van der Waals surface area contributed by atoms with Crippen LogP contribution < -0.4 is 0 Å². The van der Waals surface area contributed by atoms with Crippen molar-refractivity contribution in [1.82, 2.24) is 14.9 Å². The number of halogens is 2. The molecule has 1 aliphatic rings. The first-order chi connectivity index (χ1) is 15.6. The van der Waals surface area contributed by atoms with Crippen LogP contribution in [0, 0.1) is 0 Å². The quantitative estimate of drug-likeness (QED) is 0.346. The molecule has 1 aliphatic heterocycles. The summed E-state index contributed by atoms with van der Waals surface area (Å²) in [7, 11) is 0. The first kappa shape index (κ1) is 20.7. The Hall–Kier alpha value is -3.22. The lowest BCUT2D eigenvalue weighted by molar-refractivity contribution is -0.122. The van der Waals surface area contributed by atoms with Crippen molar-refractivity contribution in [3.05, 3.63) is 105 Å². The standard InChI is InChI=1S/C25H18BrClN4O/c26-18-9-7-17(8-10-18)24-30-22(15-16-5-11-19(27)12-6-16)25(32)31(24)14-13-23-28-20-3-1-2-4-21(20)29-23/h1-12,15H,13-14H2,(H,28,29)/b22-15-. The van der Waals surface area contributed by atoms with Crippen LogP contribution in [0.25, 0.3) is 17.1 Å². The van der Waals surface area contributed by atoms with E-state index >= 15 is 0 Å². The highest BCUT2D eigenvalue weighted by molar-refractivity contribution is 9.10. The summed E-state index contributed by atoms with van der Waals surface area (Å²) >= 11 is 9.45. The molecule has 0 saturated heterocycles. The Bertz CT molecular complexity index is 1320. The van der Waals surface area contributed by atoms with Gasteiger partial charge in [0, 0.05) is 28.0 Å². The largest absolute Gasteiger partial charge is 0.342 e. The van der Waals surface area contributed by atoms with E-state index in [9.17, 15) is 4.79 Å². The number of imidazole rings is 1. The molecule has 0 spiro atoms. The topological polar surface area (TPSA) is 61.4 Å². The summed E-state index contributed by atoms with van der Waals surface area (Å²) in [6.45, 7) is 0.464. The van der Waals surface area contributed by atoms with E-state index < -0.39 is 0 Å². The molecule has 0 fully saturated rings. The first-order valence-electron chi connectivity index (χ1n) is 10.1. The number of aromatic nitrogens is 2. The Morgan fingerprint density at radius 1 is 1.00 bits per heavy atom. The van der Waals surface area contributed by atoms with Crippen LogP contribution in [-0.4, -0.2) is 33.2 Å². The Balaban J connectivity index is 1.45. The van der Waals surface area contributed by atoms with E-state index in [4.69, 9.17) is 16.6 Å². The summed E-state index contributed by atoms with van der Waals surface area (Å²) in [5, 5.41) is 0.649. The van der Waals surface area contributed by atoms with E-state index in [1.165, 1.54) is 0 Å². The van der Waals surface area contributed by atoms with E-state index in [2.05, 4.69) is 25.9 Å². The van der Waals surface area contributed by atoms with E-state index in [1.807, 2.05) is 60.7 Å². The molecule has 32 heavy (non-hydrogen) atoms. The van der Waals surface area contributed by atoms with Crippen LogP contribution in [-0.2, 0) is 11.2 Å². The van der Waals surface area contributed by atoms with Crippen molar-refractivity contribution in [2.75, 3.05) is 6.54 Å². The Labute approximate surface area is 198 Å². The van der Waals surface area contributed by atoms with Gasteiger partial charge in [0.25, 0.3) is 5.91 Å². The number of nitrogens with zero attached hydrogens (tertiary/aromatic N) is 3. The molecule has 2 heterocycles. The van der Waals surface area contributed by atoms with Crippen molar-refractivity contribution < 1.29 is 4.79 Å². The highest BCUT2D eigenvalue weighted by Crippen LogP contribution is 2.24. The van der Waals surface area contributed by atoms with Gasteiger partial charge in [-0.2, -0.15) is 0 Å². The number of benzene rings is 3. The average molecular weight is 506 g/mol. The number of carbonyl (C=O) groups excluding carboxylic acids is 1. The van der Waals surface area contributed by atoms with Gasteiger partial charge in [0.2, 0.25) is 0 Å². The third kappa shape index (κ3) is 4.24. The lowest BCUT2D eigenvalue weighted by Crippen LogP contribution is -2.34. The number of para-hydroxylation sites is 2. The number of hydrogen-bond donors (Lipinski definition) is 1. The van der Waals surface area contributed by atoms with Crippen LogP contribution in [0.3, 0.4) is 0 Å². The number of carbonyl (C=O) groups is 1. The summed E-state index contributed by atoms with van der Waals surface area (Å²) in [5.74, 6) is 1.34. The fraction of sp³-hybridized carbons (Fsp3) is 0.0800. The Morgan fingerprint density at radius 2 is 1.75 bits per heavy atom. The van der Waals surface area contributed by atoms with E-state index in [1.54, 1.807) is 23.1 Å². The van der Waals surface area contributed by atoms with Gasteiger partial charge in [-0.1, -0.05) is 63.9 Å². The molecule has 158 valence electrons. The van der Waals surface area contributed by atoms with E-state index in [-0.39, 0.29) is 5.91 Å². The van der Waals surface area contributed by atoms with Crippen molar-refractivity contribution in [3.8, 4) is 0 Å². The SMILES string of the molecule is O=C1/C(=C/c2ccc(Cl)cc2)N=C(c2ccc(Br)cc2)N1CCc1nc2ccccc2[nH]1. The molecule has 7 heteroatoms. The summed E-state index contributed by atoms with van der Waals surface area (Å²) in [4.78, 5) is 27.7. The fourth-order valence-electron chi connectivity index (χ4n) is 3.64. The average Bonchev–Trinajstić information content (AvgIpc) is 3.35. The zero-order valence-electron chi connectivity index (χ0n) is 16.9. The van der Waals surface area contributed by atoms with Crippen molar-refractivity contribution in [2.24, 2.45) is 4.99 Å². The van der Waals surface area contributed by atoms with Crippen LogP contribution in [0.1, 0.15) is 17.0 Å². The maximum absolute atomic E-state index is 13.3. The summed E-state index contributed by atoms with van der Waals surface area (Å²) < 4.78 is 0.969. The third-order valence-electron chi connectivity index (χ3n) is 5.23. The highest BCUT2D eigenvalue weighted by Gasteiger charge is 2.31. The van der Waals surface area contributed by atoms with E-state index in [0.29, 0.717) is 29.5 Å². The number of H-pyrrole nitrogens is 1. The van der Waals surface area contributed by atoms with Gasteiger partial charge >= 0.3 is 0 Å². The summed E-state index contributed by atoms with van der Waals surface area (Å²) in [6.07, 6.45) is 2.38. The normalized spacial score (nSPS) is 15.1. The lowest BCUT2D eigenvalue weighted by Gasteiger charge is -2.18. The molecule has 0 saturated carbocycles. The molecule has 1 amide bonds. The molecule has 0 radical (unpaired) electrons. The number of amides is 1. The highest BCUT2D eigenvalue weighted by atomic mass is 79.9. The smallest absolute Gasteiger partial charge is 0.278 e. The maximum atomic E-state index is 13.3. The minimum Gasteiger partial charge on any atom is -0.342 e. The summed E-state index contributed by atoms with van der Waals surface area (Å²) in [5.41, 5.74) is 4.05. The minimum absolute atomic E-state index is 0.131. The first-order valence-corrected chi connectivity index (χ1v) is 11.3. The lowest BCUT2D eigenvalue weighted by atomic mass is 10.2. The third-order valence-corrected chi connectivity index (χ3v) is 6.01. The minimum atomic E-state index is -0.131. The molecule has 0 atom stereocenters. The predicted octanol–water partition coefficient (Wildman–Crippen LogP) is 5.85. The van der Waals surface area contributed by atoms with Gasteiger partial charge in [-0.05, 0) is 48.0 Å². The van der Waals surface area contributed by atoms with Gasteiger partial charge in [-0.15, -0.1) is 0 Å². The number of aromatic amines is 1. The monoisotopic (exact) mass is 504 g/mol. The number of nitrogens with one attached hydrogen (secondary N) is 1. The molecule has 0 bridgehead atoms. The molecular weight excluding hydrogens is 488 g/mol. The van der Waals surface area contributed by atoms with Gasteiger partial charge in [-0.25, -0.2) is 9.98 Å². The number of hydrogen-bond acceptors (Lipinski definition) is 3. The van der Waals surface area contributed by atoms with Crippen molar-refractivity contribution in [2.45, 2.75) is 6.42 Å². The van der Waals surface area contributed by atoms with Gasteiger partial charge in [0.1, 0.15) is 17.4 Å². The summed E-state index contributed by atoms with van der Waals surface area (Å²) in [6, 6.07) is 23.0. The van der Waals surface area contributed by atoms with Gasteiger partial charge in [0.05, 0.1) is 11.0 Å². The van der Waals surface area contributed by atoms with Crippen molar-refractivity contribution >= 4 is 56.4 Å². The van der Waals surface area contributed by atoms with Crippen LogP contribution in [0.4, 0.5) is 0 Å². The second-order valence-electron chi connectivity index (χ2n) is 7.43. The molecule has 1 N–H and O–H groups in total. The molecule has 0 aliphatic carbocycles. The molecule has 1 aromatic heterocycles. The number of rotatable bonds is 5. The zero-order valence-corrected chi connectivity index (χ0v) is 19.3. The molecule has 5 nitrogen and oxygen atoms in total. The predicted molar refractivity (Wildman–Crippen MR) is 132 cm³/mol. The molecular formula is C25H18BrClN4O. The van der Waals surface area contributed by atoms with Gasteiger partial charge < -0.3 is 4.98 Å². The number of fused-ring (bicyclic) bond motifs is 1. The van der Waals surface area contributed by atoms with Crippen LogP contribution >= 0.6 is 27.5 Å². The second-order valence-corrected chi connectivity index (χ2v) is 8.78. The zero-order chi connectivity index (χ0) is 22.1. The van der Waals surface area contributed by atoms with Crippen molar-refractivity contribution in [1.29, 1.82) is 0 Å². The molecule has 4 aromatic rings. The Morgan fingerprint density at radius 3 is 2.50 bits per heavy atom. The van der Waals surface area contributed by atoms with Gasteiger partial charge in [-0.3, -0.25) is 9.69 Å². The van der Waals surface area contributed by atoms with Crippen LogP contribution in [0.15, 0.2) is 88.0 Å². The van der Waals surface area contributed by atoms with Gasteiger partial charge in [0.15, 0.2) is 0 Å². The van der Waals surface area contributed by atoms with E-state index in [0.717, 1.165) is 32.5 Å². The fourth-order valence-corrected chi connectivity index (χ4v) is 4.03. The molecule has 0 unspecified atom stereocenters.